The topological polar surface area (TPSA) is 93.7 Å². The Hall–Kier alpha value is -2.65. The SMILES string of the molecule is COc1ccc(CCNC(=O)c2cc(S(=O)(=O)NC(C)C)ccc2F)cc1OC. The number of sulfonamides is 1. The van der Waals surface area contributed by atoms with Crippen LogP contribution in [0.5, 0.6) is 11.5 Å². The molecule has 0 spiro atoms. The Bertz CT molecular complexity index is 977. The van der Waals surface area contributed by atoms with Gasteiger partial charge in [0.1, 0.15) is 5.82 Å². The first-order valence-corrected chi connectivity index (χ1v) is 10.5. The summed E-state index contributed by atoms with van der Waals surface area (Å²) < 4.78 is 51.4. The number of hydrogen-bond acceptors (Lipinski definition) is 5. The molecule has 7 nitrogen and oxygen atoms in total. The number of hydrogen-bond donors (Lipinski definition) is 2. The molecule has 0 unspecified atom stereocenters. The molecule has 2 aromatic rings. The lowest BCUT2D eigenvalue weighted by Crippen LogP contribution is -2.31. The van der Waals surface area contributed by atoms with Crippen LogP contribution in [0.4, 0.5) is 4.39 Å². The summed E-state index contributed by atoms with van der Waals surface area (Å²) in [7, 11) is -0.764. The van der Waals surface area contributed by atoms with Crippen molar-refractivity contribution in [2.45, 2.75) is 31.2 Å². The van der Waals surface area contributed by atoms with Gasteiger partial charge in [0.05, 0.1) is 24.7 Å². The second-order valence-electron chi connectivity index (χ2n) is 6.61. The van der Waals surface area contributed by atoms with E-state index >= 15 is 0 Å². The maximum atomic E-state index is 14.1. The minimum absolute atomic E-state index is 0.169. The van der Waals surface area contributed by atoms with Crippen molar-refractivity contribution in [3.63, 3.8) is 0 Å². The van der Waals surface area contributed by atoms with E-state index in [4.69, 9.17) is 9.47 Å². The first-order chi connectivity index (χ1) is 13.7. The van der Waals surface area contributed by atoms with Gasteiger partial charge in [-0.1, -0.05) is 6.07 Å². The minimum atomic E-state index is -3.83. The van der Waals surface area contributed by atoms with Crippen LogP contribution in [0, 0.1) is 5.82 Å². The smallest absolute Gasteiger partial charge is 0.254 e. The summed E-state index contributed by atoms with van der Waals surface area (Å²) >= 11 is 0. The zero-order chi connectivity index (χ0) is 21.6. The molecule has 0 aliphatic carbocycles. The summed E-state index contributed by atoms with van der Waals surface area (Å²) in [6.45, 7) is 3.57. The highest BCUT2D eigenvalue weighted by Crippen LogP contribution is 2.27. The van der Waals surface area contributed by atoms with Gasteiger partial charge in [0.25, 0.3) is 5.91 Å². The lowest BCUT2D eigenvalue weighted by atomic mass is 10.1. The number of benzene rings is 2. The first kappa shape index (κ1) is 22.6. The van der Waals surface area contributed by atoms with E-state index in [0.29, 0.717) is 17.9 Å². The number of carbonyl (C=O) groups is 1. The van der Waals surface area contributed by atoms with Gasteiger partial charge in [-0.3, -0.25) is 4.79 Å². The fraction of sp³-hybridized carbons (Fsp3) is 0.350. The molecule has 0 bridgehead atoms. The third-order valence-corrected chi connectivity index (χ3v) is 5.69. The van der Waals surface area contributed by atoms with Gasteiger partial charge in [0.2, 0.25) is 10.0 Å². The van der Waals surface area contributed by atoms with Gasteiger partial charge in [0, 0.05) is 12.6 Å². The summed E-state index contributed by atoms with van der Waals surface area (Å²) in [4.78, 5) is 12.2. The average molecular weight is 424 g/mol. The molecule has 0 radical (unpaired) electrons. The Morgan fingerprint density at radius 3 is 2.38 bits per heavy atom. The van der Waals surface area contributed by atoms with Crippen LogP contribution in [-0.2, 0) is 16.4 Å². The predicted octanol–water partition coefficient (Wildman–Crippen LogP) is 2.50. The maximum absolute atomic E-state index is 14.1. The number of carbonyl (C=O) groups excluding carboxylic acids is 1. The van der Waals surface area contributed by atoms with Crippen molar-refractivity contribution >= 4 is 15.9 Å². The molecular weight excluding hydrogens is 399 g/mol. The summed E-state index contributed by atoms with van der Waals surface area (Å²) in [5, 5.41) is 2.61. The van der Waals surface area contributed by atoms with Gasteiger partial charge < -0.3 is 14.8 Å². The molecule has 158 valence electrons. The van der Waals surface area contributed by atoms with E-state index in [0.717, 1.165) is 23.8 Å². The average Bonchev–Trinajstić information content (AvgIpc) is 2.66. The normalized spacial score (nSPS) is 11.4. The molecule has 0 heterocycles. The third-order valence-electron chi connectivity index (χ3n) is 4.03. The van der Waals surface area contributed by atoms with Crippen LogP contribution in [0.3, 0.4) is 0 Å². The van der Waals surface area contributed by atoms with Crippen molar-refractivity contribution in [2.24, 2.45) is 0 Å². The lowest BCUT2D eigenvalue weighted by molar-refractivity contribution is 0.0950. The number of amides is 1. The lowest BCUT2D eigenvalue weighted by Gasteiger charge is -2.12. The van der Waals surface area contributed by atoms with Crippen molar-refractivity contribution < 1.29 is 27.1 Å². The molecule has 1 amide bonds. The predicted molar refractivity (Wildman–Crippen MR) is 107 cm³/mol. The second-order valence-corrected chi connectivity index (χ2v) is 8.33. The molecule has 9 heteroatoms. The van der Waals surface area contributed by atoms with E-state index in [9.17, 15) is 17.6 Å². The highest BCUT2D eigenvalue weighted by atomic mass is 32.2. The van der Waals surface area contributed by atoms with Gasteiger partial charge in [-0.2, -0.15) is 0 Å². The van der Waals surface area contributed by atoms with Crippen LogP contribution in [0.2, 0.25) is 0 Å². The van der Waals surface area contributed by atoms with Gasteiger partial charge in [-0.15, -0.1) is 0 Å². The summed E-state index contributed by atoms with van der Waals surface area (Å²) in [5.74, 6) is -0.324. The van der Waals surface area contributed by atoms with Crippen molar-refractivity contribution in [1.82, 2.24) is 10.0 Å². The molecule has 0 aromatic heterocycles. The zero-order valence-electron chi connectivity index (χ0n) is 16.8. The third kappa shape index (κ3) is 5.91. The molecule has 0 fully saturated rings. The van der Waals surface area contributed by atoms with Gasteiger partial charge >= 0.3 is 0 Å². The van der Waals surface area contributed by atoms with Gasteiger partial charge in [-0.25, -0.2) is 17.5 Å². The summed E-state index contributed by atoms with van der Waals surface area (Å²) in [5.41, 5.74) is 0.560. The summed E-state index contributed by atoms with van der Waals surface area (Å²) in [6, 6.07) is 8.18. The Labute approximate surface area is 170 Å². The Kier molecular flexibility index (Phi) is 7.58. The molecular formula is C20H25FN2O5S. The second kappa shape index (κ2) is 9.71. The molecule has 2 rings (SSSR count). The van der Waals surface area contributed by atoms with Crippen molar-refractivity contribution in [3.8, 4) is 11.5 Å². The number of rotatable bonds is 9. The van der Waals surface area contributed by atoms with Crippen LogP contribution in [0.1, 0.15) is 29.8 Å². The molecule has 0 atom stereocenters. The van der Waals surface area contributed by atoms with Crippen molar-refractivity contribution in [2.75, 3.05) is 20.8 Å². The minimum Gasteiger partial charge on any atom is -0.493 e. The van der Waals surface area contributed by atoms with Crippen LogP contribution < -0.4 is 19.5 Å². The first-order valence-electron chi connectivity index (χ1n) is 8.99. The highest BCUT2D eigenvalue weighted by molar-refractivity contribution is 7.89. The number of halogens is 1. The molecule has 2 N–H and O–H groups in total. The fourth-order valence-corrected chi connectivity index (χ4v) is 3.95. The van der Waals surface area contributed by atoms with E-state index in [1.54, 1.807) is 26.0 Å². The fourth-order valence-electron chi connectivity index (χ4n) is 2.68. The van der Waals surface area contributed by atoms with E-state index in [-0.39, 0.29) is 23.0 Å². The monoisotopic (exact) mass is 424 g/mol. The van der Waals surface area contributed by atoms with E-state index in [1.807, 2.05) is 6.07 Å². The molecule has 0 saturated heterocycles. The highest BCUT2D eigenvalue weighted by Gasteiger charge is 2.20. The standard InChI is InChI=1S/C20H25FN2O5S/c1-13(2)23-29(25,26)15-6-7-17(21)16(12-15)20(24)22-10-9-14-5-8-18(27-3)19(11-14)28-4/h5-8,11-13,23H,9-10H2,1-4H3,(H,22,24). The van der Waals surface area contributed by atoms with Crippen LogP contribution in [-0.4, -0.2) is 41.1 Å². The Morgan fingerprint density at radius 2 is 1.76 bits per heavy atom. The summed E-state index contributed by atoms with van der Waals surface area (Å²) in [6.07, 6.45) is 0.473. The number of methoxy groups -OCH3 is 2. The molecule has 29 heavy (non-hydrogen) atoms. The molecule has 0 aliphatic heterocycles. The molecule has 0 saturated carbocycles. The number of nitrogens with one attached hydrogen (secondary N) is 2. The van der Waals surface area contributed by atoms with E-state index in [1.165, 1.54) is 14.2 Å². The van der Waals surface area contributed by atoms with Gasteiger partial charge in [-0.05, 0) is 56.2 Å². The number of ether oxygens (including phenoxy) is 2. The zero-order valence-corrected chi connectivity index (χ0v) is 17.6. The van der Waals surface area contributed by atoms with Crippen LogP contribution in [0.25, 0.3) is 0 Å². The van der Waals surface area contributed by atoms with Crippen LogP contribution in [0.15, 0.2) is 41.3 Å². The largest absolute Gasteiger partial charge is 0.493 e. The molecule has 2 aromatic carbocycles. The van der Waals surface area contributed by atoms with Crippen molar-refractivity contribution in [3.05, 3.63) is 53.3 Å². The van der Waals surface area contributed by atoms with Crippen molar-refractivity contribution in [1.29, 1.82) is 0 Å². The van der Waals surface area contributed by atoms with Gasteiger partial charge in [0.15, 0.2) is 11.5 Å². The van der Waals surface area contributed by atoms with E-state index < -0.39 is 21.7 Å². The van der Waals surface area contributed by atoms with E-state index in [2.05, 4.69) is 10.0 Å². The Morgan fingerprint density at radius 1 is 1.07 bits per heavy atom. The molecule has 0 aliphatic rings. The van der Waals surface area contributed by atoms with Crippen LogP contribution >= 0.6 is 0 Å². The Balaban J connectivity index is 2.08. The quantitative estimate of drug-likeness (QED) is 0.645. The maximum Gasteiger partial charge on any atom is 0.254 e.